The standard InChI is InChI=1S/C15H30N6O4S/c1-3-8(2)11(14(24)25)21-13(23)10(5-4-6-19-15(17)18)20-12(22)9(16)7-26/h8-11,26H,3-7,16H2,1-2H3,(H,20,22)(H,21,23)(H,24,25)(H4,17,18,19). The fourth-order valence-corrected chi connectivity index (χ4v) is 2.24. The molecule has 4 unspecified atom stereocenters. The summed E-state index contributed by atoms with van der Waals surface area (Å²) in [6.07, 6.45) is 1.21. The lowest BCUT2D eigenvalue weighted by molar-refractivity contribution is -0.143. The first-order chi connectivity index (χ1) is 12.1. The maximum absolute atomic E-state index is 12.5. The zero-order chi connectivity index (χ0) is 20.3. The van der Waals surface area contributed by atoms with Gasteiger partial charge in [0.25, 0.3) is 0 Å². The van der Waals surface area contributed by atoms with Crippen molar-refractivity contribution in [2.24, 2.45) is 28.1 Å². The Morgan fingerprint density at radius 3 is 2.27 bits per heavy atom. The number of carbonyl (C=O) groups excluding carboxylic acids is 2. The van der Waals surface area contributed by atoms with Gasteiger partial charge in [0, 0.05) is 12.3 Å². The third-order valence-electron chi connectivity index (χ3n) is 3.89. The molecule has 0 fully saturated rings. The number of nitrogens with one attached hydrogen (secondary N) is 2. The summed E-state index contributed by atoms with van der Waals surface area (Å²) in [4.78, 5) is 39.7. The number of amides is 2. The maximum atomic E-state index is 12.5. The number of carboxylic acid groups (broad SMARTS) is 1. The number of carboxylic acids is 1. The van der Waals surface area contributed by atoms with Crippen molar-refractivity contribution in [3.63, 3.8) is 0 Å². The molecule has 9 N–H and O–H groups in total. The van der Waals surface area contributed by atoms with Gasteiger partial charge in [0.2, 0.25) is 11.8 Å². The zero-order valence-electron chi connectivity index (χ0n) is 15.1. The van der Waals surface area contributed by atoms with Crippen LogP contribution in [0.2, 0.25) is 0 Å². The third kappa shape index (κ3) is 8.90. The van der Waals surface area contributed by atoms with Crippen molar-refractivity contribution in [1.82, 2.24) is 10.6 Å². The molecule has 11 heteroatoms. The first-order valence-electron chi connectivity index (χ1n) is 8.39. The Labute approximate surface area is 158 Å². The summed E-state index contributed by atoms with van der Waals surface area (Å²) < 4.78 is 0. The van der Waals surface area contributed by atoms with E-state index in [9.17, 15) is 19.5 Å². The molecule has 0 aromatic rings. The minimum atomic E-state index is -1.13. The molecule has 26 heavy (non-hydrogen) atoms. The molecule has 0 aliphatic rings. The van der Waals surface area contributed by atoms with E-state index < -0.39 is 35.9 Å². The number of aliphatic imine (C=N–C) groups is 1. The van der Waals surface area contributed by atoms with Crippen LogP contribution >= 0.6 is 12.6 Å². The van der Waals surface area contributed by atoms with E-state index in [4.69, 9.17) is 17.2 Å². The molecule has 150 valence electrons. The first-order valence-corrected chi connectivity index (χ1v) is 9.02. The Bertz CT molecular complexity index is 512. The quantitative estimate of drug-likeness (QED) is 0.0904. The van der Waals surface area contributed by atoms with E-state index in [0.29, 0.717) is 12.8 Å². The number of nitrogens with zero attached hydrogens (tertiary/aromatic N) is 1. The molecule has 0 aromatic carbocycles. The van der Waals surface area contributed by atoms with Gasteiger partial charge in [-0.1, -0.05) is 20.3 Å². The van der Waals surface area contributed by atoms with Crippen LogP contribution in [0.3, 0.4) is 0 Å². The summed E-state index contributed by atoms with van der Waals surface area (Å²) in [5.74, 6) is -2.51. The van der Waals surface area contributed by atoms with Gasteiger partial charge in [0.05, 0.1) is 6.04 Å². The van der Waals surface area contributed by atoms with Crippen LogP contribution in [0, 0.1) is 5.92 Å². The SMILES string of the molecule is CCC(C)C(NC(=O)C(CCCN=C(N)N)NC(=O)C(N)CS)C(=O)O. The van der Waals surface area contributed by atoms with Gasteiger partial charge < -0.3 is 32.9 Å². The Morgan fingerprint density at radius 1 is 1.19 bits per heavy atom. The monoisotopic (exact) mass is 390 g/mol. The summed E-state index contributed by atoms with van der Waals surface area (Å²) >= 11 is 3.95. The number of rotatable bonds is 12. The average molecular weight is 391 g/mol. The lowest BCUT2D eigenvalue weighted by Crippen LogP contribution is -2.55. The fraction of sp³-hybridized carbons (Fsp3) is 0.733. The van der Waals surface area contributed by atoms with Crippen molar-refractivity contribution in [2.75, 3.05) is 12.3 Å². The number of hydrogen-bond donors (Lipinski definition) is 7. The Morgan fingerprint density at radius 2 is 1.81 bits per heavy atom. The third-order valence-corrected chi connectivity index (χ3v) is 4.28. The van der Waals surface area contributed by atoms with Gasteiger partial charge in [-0.15, -0.1) is 0 Å². The van der Waals surface area contributed by atoms with Crippen molar-refractivity contribution >= 4 is 36.4 Å². The zero-order valence-corrected chi connectivity index (χ0v) is 16.0. The summed E-state index contributed by atoms with van der Waals surface area (Å²) in [6, 6.07) is -2.88. The molecule has 0 saturated carbocycles. The highest BCUT2D eigenvalue weighted by molar-refractivity contribution is 7.80. The highest BCUT2D eigenvalue weighted by atomic mass is 32.1. The van der Waals surface area contributed by atoms with E-state index in [2.05, 4.69) is 28.3 Å². The first kappa shape index (κ1) is 24.0. The molecule has 2 amide bonds. The van der Waals surface area contributed by atoms with E-state index in [1.165, 1.54) is 0 Å². The molecular weight excluding hydrogens is 360 g/mol. The van der Waals surface area contributed by atoms with Crippen LogP contribution in [0.25, 0.3) is 0 Å². The number of guanidine groups is 1. The Hall–Kier alpha value is -2.01. The van der Waals surface area contributed by atoms with E-state index in [-0.39, 0.29) is 30.6 Å². The molecule has 0 aromatic heterocycles. The molecule has 0 spiro atoms. The van der Waals surface area contributed by atoms with Crippen LogP contribution in [0.15, 0.2) is 4.99 Å². The number of hydrogen-bond acceptors (Lipinski definition) is 6. The fourth-order valence-electron chi connectivity index (χ4n) is 2.07. The summed E-state index contributed by atoms with van der Waals surface area (Å²) in [5.41, 5.74) is 16.1. The highest BCUT2D eigenvalue weighted by Crippen LogP contribution is 2.09. The topological polar surface area (TPSA) is 186 Å². The highest BCUT2D eigenvalue weighted by Gasteiger charge is 2.30. The molecule has 0 bridgehead atoms. The summed E-state index contributed by atoms with van der Waals surface area (Å²) in [7, 11) is 0. The number of aliphatic carboxylic acids is 1. The Balaban J connectivity index is 5.09. The van der Waals surface area contributed by atoms with Crippen molar-refractivity contribution in [1.29, 1.82) is 0 Å². The van der Waals surface area contributed by atoms with Crippen molar-refractivity contribution in [3.8, 4) is 0 Å². The largest absolute Gasteiger partial charge is 0.480 e. The van der Waals surface area contributed by atoms with Gasteiger partial charge in [0.15, 0.2) is 5.96 Å². The van der Waals surface area contributed by atoms with E-state index in [1.807, 2.05) is 6.92 Å². The number of nitrogens with two attached hydrogens (primary N) is 3. The second-order valence-electron chi connectivity index (χ2n) is 6.01. The lowest BCUT2D eigenvalue weighted by Gasteiger charge is -2.25. The second kappa shape index (κ2) is 12.4. The van der Waals surface area contributed by atoms with Crippen molar-refractivity contribution in [2.45, 2.75) is 51.2 Å². The van der Waals surface area contributed by atoms with Crippen molar-refractivity contribution < 1.29 is 19.5 Å². The van der Waals surface area contributed by atoms with Gasteiger partial charge in [-0.25, -0.2) is 4.79 Å². The van der Waals surface area contributed by atoms with Crippen LogP contribution in [-0.4, -0.2) is 59.3 Å². The van der Waals surface area contributed by atoms with Gasteiger partial charge in [-0.3, -0.25) is 14.6 Å². The average Bonchev–Trinajstić information content (AvgIpc) is 2.59. The molecule has 0 heterocycles. The summed E-state index contributed by atoms with van der Waals surface area (Å²) in [5, 5.41) is 14.3. The van der Waals surface area contributed by atoms with Gasteiger partial charge in [0.1, 0.15) is 12.1 Å². The Kier molecular flexibility index (Phi) is 11.4. The van der Waals surface area contributed by atoms with Crippen LogP contribution in [-0.2, 0) is 14.4 Å². The molecule has 0 aliphatic carbocycles. The molecule has 0 saturated heterocycles. The molecule has 0 rings (SSSR count). The smallest absolute Gasteiger partial charge is 0.326 e. The molecule has 4 atom stereocenters. The van der Waals surface area contributed by atoms with Gasteiger partial charge in [-0.05, 0) is 18.8 Å². The van der Waals surface area contributed by atoms with Crippen LogP contribution in [0.4, 0.5) is 0 Å². The van der Waals surface area contributed by atoms with E-state index in [1.54, 1.807) is 6.92 Å². The predicted molar refractivity (Wildman–Crippen MR) is 103 cm³/mol. The minimum absolute atomic E-state index is 0.0742. The molecular formula is C15H30N6O4S. The molecule has 10 nitrogen and oxygen atoms in total. The number of thiol groups is 1. The van der Waals surface area contributed by atoms with E-state index in [0.717, 1.165) is 0 Å². The predicted octanol–water partition coefficient (Wildman–Crippen LogP) is -1.60. The van der Waals surface area contributed by atoms with E-state index >= 15 is 0 Å². The van der Waals surface area contributed by atoms with Crippen molar-refractivity contribution in [3.05, 3.63) is 0 Å². The maximum Gasteiger partial charge on any atom is 0.326 e. The lowest BCUT2D eigenvalue weighted by atomic mass is 9.98. The molecule has 0 radical (unpaired) electrons. The normalized spacial score (nSPS) is 15.2. The van der Waals surface area contributed by atoms with Gasteiger partial charge in [-0.2, -0.15) is 12.6 Å². The second-order valence-corrected chi connectivity index (χ2v) is 6.37. The molecule has 0 aliphatic heterocycles. The van der Waals surface area contributed by atoms with Crippen LogP contribution in [0.1, 0.15) is 33.1 Å². The van der Waals surface area contributed by atoms with Gasteiger partial charge >= 0.3 is 5.97 Å². The minimum Gasteiger partial charge on any atom is -0.480 e. The summed E-state index contributed by atoms with van der Waals surface area (Å²) in [6.45, 7) is 3.82. The van der Waals surface area contributed by atoms with Crippen LogP contribution < -0.4 is 27.8 Å². The van der Waals surface area contributed by atoms with Crippen LogP contribution in [0.5, 0.6) is 0 Å². The number of carbonyl (C=O) groups is 3.